The number of hydrogen-bond acceptors (Lipinski definition) is 4. The van der Waals surface area contributed by atoms with Gasteiger partial charge in [-0.2, -0.15) is 0 Å². The van der Waals surface area contributed by atoms with E-state index in [9.17, 15) is 14.4 Å². The fourth-order valence-electron chi connectivity index (χ4n) is 2.71. The Labute approximate surface area is 142 Å². The van der Waals surface area contributed by atoms with Crippen molar-refractivity contribution in [3.63, 3.8) is 0 Å². The number of benzene rings is 1. The summed E-state index contributed by atoms with van der Waals surface area (Å²) < 4.78 is 5.29. The lowest BCUT2D eigenvalue weighted by molar-refractivity contribution is -0.144. The van der Waals surface area contributed by atoms with Crippen LogP contribution in [0.15, 0.2) is 29.8 Å². The van der Waals surface area contributed by atoms with Crippen molar-refractivity contribution in [2.75, 3.05) is 0 Å². The molecule has 0 atom stereocenters. The molecule has 0 spiro atoms. The molecule has 0 saturated heterocycles. The number of hydrogen-bond donors (Lipinski definition) is 1. The van der Waals surface area contributed by atoms with Crippen LogP contribution in [0.25, 0.3) is 0 Å². The van der Waals surface area contributed by atoms with Crippen molar-refractivity contribution in [1.82, 2.24) is 5.32 Å². The van der Waals surface area contributed by atoms with Crippen LogP contribution in [-0.4, -0.2) is 17.8 Å². The zero-order chi connectivity index (χ0) is 17.5. The second kappa shape index (κ2) is 8.43. The van der Waals surface area contributed by atoms with Gasteiger partial charge in [0, 0.05) is 11.6 Å². The van der Waals surface area contributed by atoms with Gasteiger partial charge in [-0.15, -0.1) is 0 Å². The van der Waals surface area contributed by atoms with Crippen LogP contribution < -0.4 is 5.32 Å². The van der Waals surface area contributed by atoms with Gasteiger partial charge in [0.2, 0.25) is 0 Å². The summed E-state index contributed by atoms with van der Waals surface area (Å²) in [5.41, 5.74) is 3.63. The Morgan fingerprint density at radius 1 is 1.08 bits per heavy atom. The molecule has 1 N–H and O–H groups in total. The minimum Gasteiger partial charge on any atom is -0.461 e. The molecule has 24 heavy (non-hydrogen) atoms. The highest BCUT2D eigenvalue weighted by molar-refractivity contribution is 6.17. The van der Waals surface area contributed by atoms with E-state index in [1.165, 1.54) is 11.1 Å². The van der Waals surface area contributed by atoms with Crippen LogP contribution in [0.2, 0.25) is 0 Å². The lowest BCUT2D eigenvalue weighted by atomic mass is 9.98. The van der Waals surface area contributed by atoms with Gasteiger partial charge < -0.3 is 4.74 Å². The second-order valence-electron chi connectivity index (χ2n) is 5.93. The molecule has 5 nitrogen and oxygen atoms in total. The van der Waals surface area contributed by atoms with Crippen molar-refractivity contribution in [3.05, 3.63) is 46.5 Å². The third-order valence-corrected chi connectivity index (χ3v) is 3.89. The van der Waals surface area contributed by atoms with E-state index < -0.39 is 17.8 Å². The molecule has 0 aliphatic carbocycles. The summed E-state index contributed by atoms with van der Waals surface area (Å²) >= 11 is 0. The predicted octanol–water partition coefficient (Wildman–Crippen LogP) is 2.61. The van der Waals surface area contributed by atoms with E-state index in [1.807, 2.05) is 6.07 Å². The van der Waals surface area contributed by atoms with Crippen LogP contribution in [0.5, 0.6) is 0 Å². The van der Waals surface area contributed by atoms with Crippen LogP contribution >= 0.6 is 0 Å². The smallest absolute Gasteiger partial charge is 0.310 e. The zero-order valence-corrected chi connectivity index (χ0v) is 14.2. The summed E-state index contributed by atoms with van der Waals surface area (Å²) in [6.45, 7) is 4.45. The maximum atomic E-state index is 11.9. The first-order chi connectivity index (χ1) is 11.5. The molecule has 0 aromatic heterocycles. The van der Waals surface area contributed by atoms with E-state index >= 15 is 0 Å². The first-order valence-corrected chi connectivity index (χ1v) is 8.35. The van der Waals surface area contributed by atoms with Crippen LogP contribution in [0.1, 0.15) is 49.8 Å². The second-order valence-corrected chi connectivity index (χ2v) is 5.93. The molecule has 1 heterocycles. The summed E-state index contributed by atoms with van der Waals surface area (Å²) in [5, 5.41) is 2.11. The molecule has 1 aromatic rings. The molecule has 5 heteroatoms. The minimum absolute atomic E-state index is 0.150. The molecular weight excluding hydrogens is 306 g/mol. The number of rotatable bonds is 8. The number of imide groups is 1. The Bertz CT molecular complexity index is 676. The quantitative estimate of drug-likeness (QED) is 0.588. The number of nitrogens with one attached hydrogen (secondary N) is 1. The first kappa shape index (κ1) is 17.9. The summed E-state index contributed by atoms with van der Waals surface area (Å²) in [4.78, 5) is 34.4. The lowest BCUT2D eigenvalue weighted by Crippen LogP contribution is -2.23. The fraction of sp³-hybridized carbons (Fsp3) is 0.421. The fourth-order valence-corrected chi connectivity index (χ4v) is 2.71. The molecule has 1 aromatic carbocycles. The van der Waals surface area contributed by atoms with Crippen molar-refractivity contribution < 1.29 is 19.1 Å². The third kappa shape index (κ3) is 4.78. The van der Waals surface area contributed by atoms with Gasteiger partial charge in [0.25, 0.3) is 11.8 Å². The Morgan fingerprint density at radius 3 is 2.46 bits per heavy atom. The molecule has 0 bridgehead atoms. The van der Waals surface area contributed by atoms with E-state index in [2.05, 4.69) is 31.3 Å². The SMILES string of the molecule is CCCc1ccc(COC(=O)CC2=CC(=O)NC2=O)c(CCC)c1. The molecule has 128 valence electrons. The normalized spacial score (nSPS) is 13.7. The topological polar surface area (TPSA) is 72.5 Å². The minimum atomic E-state index is -0.521. The van der Waals surface area contributed by atoms with Crippen LogP contribution in [0.4, 0.5) is 0 Å². The molecule has 0 fully saturated rings. The van der Waals surface area contributed by atoms with Gasteiger partial charge in [0.15, 0.2) is 0 Å². The Balaban J connectivity index is 1.97. The van der Waals surface area contributed by atoms with Gasteiger partial charge in [-0.3, -0.25) is 19.7 Å². The van der Waals surface area contributed by atoms with E-state index in [4.69, 9.17) is 4.74 Å². The average Bonchev–Trinajstić information content (AvgIpc) is 2.84. The van der Waals surface area contributed by atoms with E-state index in [-0.39, 0.29) is 18.6 Å². The van der Waals surface area contributed by atoms with E-state index in [0.29, 0.717) is 0 Å². The number of aryl methyl sites for hydroxylation is 2. The lowest BCUT2D eigenvalue weighted by Gasteiger charge is -2.12. The highest BCUT2D eigenvalue weighted by Crippen LogP contribution is 2.17. The summed E-state index contributed by atoms with van der Waals surface area (Å²) in [5.74, 6) is -1.52. The van der Waals surface area contributed by atoms with Crippen molar-refractivity contribution >= 4 is 17.8 Å². The third-order valence-electron chi connectivity index (χ3n) is 3.89. The Hall–Kier alpha value is -2.43. The van der Waals surface area contributed by atoms with Crippen molar-refractivity contribution in [2.45, 2.75) is 52.6 Å². The number of carbonyl (C=O) groups excluding carboxylic acids is 3. The summed E-state index contributed by atoms with van der Waals surface area (Å²) in [6, 6.07) is 6.26. The number of amides is 2. The molecule has 0 saturated carbocycles. The monoisotopic (exact) mass is 329 g/mol. The summed E-state index contributed by atoms with van der Waals surface area (Å²) in [7, 11) is 0. The molecular formula is C19H23NO4. The molecule has 2 rings (SSSR count). The van der Waals surface area contributed by atoms with Gasteiger partial charge in [0.05, 0.1) is 6.42 Å². The number of ether oxygens (including phenoxy) is 1. The van der Waals surface area contributed by atoms with Crippen LogP contribution in [0, 0.1) is 0 Å². The van der Waals surface area contributed by atoms with E-state index in [0.717, 1.165) is 37.3 Å². The molecule has 2 amide bonds. The molecule has 1 aliphatic heterocycles. The highest BCUT2D eigenvalue weighted by atomic mass is 16.5. The maximum Gasteiger partial charge on any atom is 0.310 e. The van der Waals surface area contributed by atoms with Gasteiger partial charge >= 0.3 is 5.97 Å². The molecule has 0 radical (unpaired) electrons. The van der Waals surface area contributed by atoms with Crippen LogP contribution in [-0.2, 0) is 38.6 Å². The zero-order valence-electron chi connectivity index (χ0n) is 14.2. The van der Waals surface area contributed by atoms with Gasteiger partial charge in [-0.25, -0.2) is 0 Å². The highest BCUT2D eigenvalue weighted by Gasteiger charge is 2.23. The van der Waals surface area contributed by atoms with Crippen molar-refractivity contribution in [3.8, 4) is 0 Å². The average molecular weight is 329 g/mol. The number of carbonyl (C=O) groups is 3. The largest absolute Gasteiger partial charge is 0.461 e. The first-order valence-electron chi connectivity index (χ1n) is 8.35. The van der Waals surface area contributed by atoms with E-state index in [1.54, 1.807) is 0 Å². The van der Waals surface area contributed by atoms with Gasteiger partial charge in [-0.05, 0) is 29.5 Å². The standard InChI is InChI=1S/C19H23NO4/c1-3-5-13-7-8-15(14(9-13)6-4-2)12-24-18(22)11-16-10-17(21)20-19(16)23/h7-10H,3-6,11-12H2,1-2H3,(H,20,21,23). The van der Waals surface area contributed by atoms with Crippen LogP contribution in [0.3, 0.4) is 0 Å². The predicted molar refractivity (Wildman–Crippen MR) is 90.1 cm³/mol. The molecule has 1 aliphatic rings. The van der Waals surface area contributed by atoms with Crippen molar-refractivity contribution in [1.29, 1.82) is 0 Å². The van der Waals surface area contributed by atoms with Crippen molar-refractivity contribution in [2.24, 2.45) is 0 Å². The summed E-state index contributed by atoms with van der Waals surface area (Å²) in [6.07, 6.45) is 5.04. The molecule has 0 unspecified atom stereocenters. The van der Waals surface area contributed by atoms with Gasteiger partial charge in [0.1, 0.15) is 6.61 Å². The Kier molecular flexibility index (Phi) is 6.29. The van der Waals surface area contributed by atoms with Gasteiger partial charge in [-0.1, -0.05) is 44.9 Å². The maximum absolute atomic E-state index is 11.9. The Morgan fingerprint density at radius 2 is 1.83 bits per heavy atom. The number of esters is 1.